The molecule has 2 aromatic carbocycles. The van der Waals surface area contributed by atoms with E-state index >= 15 is 0 Å². The molecule has 0 radical (unpaired) electrons. The van der Waals surface area contributed by atoms with Gasteiger partial charge in [-0.1, -0.05) is 26.0 Å². The summed E-state index contributed by atoms with van der Waals surface area (Å²) >= 11 is 0. The van der Waals surface area contributed by atoms with Gasteiger partial charge in [0.2, 0.25) is 0 Å². The van der Waals surface area contributed by atoms with Gasteiger partial charge in [0.05, 0.1) is 25.4 Å². The number of carbonyl (C=O) groups excluding carboxylic acids is 2. The second kappa shape index (κ2) is 10.9. The van der Waals surface area contributed by atoms with Crippen LogP contribution in [-0.4, -0.2) is 43.1 Å². The molecule has 0 atom stereocenters. The van der Waals surface area contributed by atoms with E-state index in [9.17, 15) is 9.59 Å². The Morgan fingerprint density at radius 3 is 2.12 bits per heavy atom. The van der Waals surface area contributed by atoms with E-state index in [0.29, 0.717) is 54.1 Å². The second-order valence-electron chi connectivity index (χ2n) is 7.99. The Morgan fingerprint density at radius 2 is 1.52 bits per heavy atom. The highest BCUT2D eigenvalue weighted by Crippen LogP contribution is 2.35. The molecule has 1 aliphatic rings. The Balaban J connectivity index is 1.96. The average Bonchev–Trinajstić information content (AvgIpc) is 3.03. The van der Waals surface area contributed by atoms with Gasteiger partial charge >= 0.3 is 0 Å². The third kappa shape index (κ3) is 5.48. The van der Waals surface area contributed by atoms with Crippen LogP contribution in [0, 0.1) is 5.92 Å². The molecule has 0 saturated carbocycles. The summed E-state index contributed by atoms with van der Waals surface area (Å²) < 4.78 is 17.1. The molecule has 0 unspecified atom stereocenters. The molecule has 0 aromatic heterocycles. The fourth-order valence-electron chi connectivity index (χ4n) is 3.50. The zero-order chi connectivity index (χ0) is 24.0. The lowest BCUT2D eigenvalue weighted by Crippen LogP contribution is -2.32. The van der Waals surface area contributed by atoms with Crippen LogP contribution in [0.3, 0.4) is 0 Å². The first kappa shape index (κ1) is 24.2. The molecule has 0 fully saturated rings. The zero-order valence-electron chi connectivity index (χ0n) is 19.9. The third-order valence-electron chi connectivity index (χ3n) is 5.02. The number of rotatable bonds is 11. The summed E-state index contributed by atoms with van der Waals surface area (Å²) in [7, 11) is 0. The van der Waals surface area contributed by atoms with Gasteiger partial charge in [-0.25, -0.2) is 0 Å². The number of nitrogens with zero attached hydrogens (tertiary/aromatic N) is 1. The van der Waals surface area contributed by atoms with Crippen molar-refractivity contribution in [2.45, 2.75) is 34.6 Å². The average molecular weight is 453 g/mol. The molecule has 1 N–H and O–H groups in total. The molecule has 0 saturated heterocycles. The van der Waals surface area contributed by atoms with E-state index in [1.54, 1.807) is 37.3 Å². The molecule has 2 amide bonds. The Morgan fingerprint density at radius 1 is 0.848 bits per heavy atom. The lowest BCUT2D eigenvalue weighted by Gasteiger charge is -2.14. The molecule has 33 heavy (non-hydrogen) atoms. The molecule has 0 bridgehead atoms. The number of hydrogen-bond donors (Lipinski definition) is 1. The Hall–Kier alpha value is -3.48. The van der Waals surface area contributed by atoms with Crippen LogP contribution in [-0.2, 0) is 9.59 Å². The number of amides is 2. The molecule has 2 aromatic rings. The summed E-state index contributed by atoms with van der Waals surface area (Å²) in [6, 6.07) is 12.6. The van der Waals surface area contributed by atoms with Gasteiger partial charge in [0, 0.05) is 18.3 Å². The highest BCUT2D eigenvalue weighted by molar-refractivity contribution is 6.36. The predicted molar refractivity (Wildman–Crippen MR) is 128 cm³/mol. The van der Waals surface area contributed by atoms with Crippen LogP contribution in [0.25, 0.3) is 5.57 Å². The monoisotopic (exact) mass is 452 g/mol. The fourth-order valence-corrected chi connectivity index (χ4v) is 3.50. The van der Waals surface area contributed by atoms with Crippen molar-refractivity contribution in [1.82, 2.24) is 4.90 Å². The molecule has 0 aliphatic carbocycles. The molecule has 7 heteroatoms. The standard InChI is InChI=1S/C26H32N2O5/c1-6-28-25(29)23(18-9-12-20(13-10-18)33-16-17(4)5)24(26(28)30)27-19-11-14-21(31-7-2)22(15-19)32-8-3/h9-15,17,27H,6-8,16H2,1-5H3. The summed E-state index contributed by atoms with van der Waals surface area (Å²) in [4.78, 5) is 27.4. The van der Waals surface area contributed by atoms with E-state index < -0.39 is 0 Å². The molecule has 176 valence electrons. The van der Waals surface area contributed by atoms with Crippen LogP contribution in [0.4, 0.5) is 5.69 Å². The van der Waals surface area contributed by atoms with E-state index in [-0.39, 0.29) is 24.1 Å². The number of imide groups is 1. The van der Waals surface area contributed by atoms with Gasteiger partial charge in [-0.2, -0.15) is 0 Å². The third-order valence-corrected chi connectivity index (χ3v) is 5.02. The van der Waals surface area contributed by atoms with Crippen LogP contribution in [0.15, 0.2) is 48.2 Å². The Bertz CT molecular complexity index is 1030. The van der Waals surface area contributed by atoms with Crippen molar-refractivity contribution < 1.29 is 23.8 Å². The summed E-state index contributed by atoms with van der Waals surface area (Å²) in [5.41, 5.74) is 1.86. The largest absolute Gasteiger partial charge is 0.493 e. The van der Waals surface area contributed by atoms with Crippen molar-refractivity contribution >= 4 is 23.1 Å². The van der Waals surface area contributed by atoms with Gasteiger partial charge < -0.3 is 19.5 Å². The number of nitrogens with one attached hydrogen (secondary N) is 1. The van der Waals surface area contributed by atoms with Crippen LogP contribution in [0.2, 0.25) is 0 Å². The minimum absolute atomic E-state index is 0.240. The van der Waals surface area contributed by atoms with E-state index in [4.69, 9.17) is 14.2 Å². The lowest BCUT2D eigenvalue weighted by molar-refractivity contribution is -0.136. The first-order chi connectivity index (χ1) is 15.9. The molecule has 7 nitrogen and oxygen atoms in total. The predicted octanol–water partition coefficient (Wildman–Crippen LogP) is 4.73. The van der Waals surface area contributed by atoms with E-state index in [2.05, 4.69) is 19.2 Å². The van der Waals surface area contributed by atoms with Gasteiger partial charge in [-0.05, 0) is 56.5 Å². The SMILES string of the molecule is CCOc1ccc(NC2=C(c3ccc(OCC(C)C)cc3)C(=O)N(CC)C2=O)cc1OCC. The van der Waals surface area contributed by atoms with Gasteiger partial charge in [0.15, 0.2) is 11.5 Å². The van der Waals surface area contributed by atoms with Gasteiger partial charge in [-0.3, -0.25) is 14.5 Å². The van der Waals surface area contributed by atoms with E-state index in [1.165, 1.54) is 4.90 Å². The molecule has 0 spiro atoms. The van der Waals surface area contributed by atoms with Crippen LogP contribution >= 0.6 is 0 Å². The highest BCUT2D eigenvalue weighted by Gasteiger charge is 2.38. The summed E-state index contributed by atoms with van der Waals surface area (Å²) in [5, 5.41) is 3.16. The number of hydrogen-bond acceptors (Lipinski definition) is 6. The fraction of sp³-hybridized carbons (Fsp3) is 0.385. The van der Waals surface area contributed by atoms with Gasteiger partial charge in [0.25, 0.3) is 11.8 Å². The second-order valence-corrected chi connectivity index (χ2v) is 7.99. The molecule has 1 aliphatic heterocycles. The van der Waals surface area contributed by atoms with Crippen molar-refractivity contribution in [3.05, 3.63) is 53.7 Å². The minimum atomic E-state index is -0.357. The van der Waals surface area contributed by atoms with Crippen LogP contribution in [0.1, 0.15) is 40.2 Å². The number of benzene rings is 2. The van der Waals surface area contributed by atoms with Crippen LogP contribution in [0.5, 0.6) is 17.2 Å². The number of anilines is 1. The highest BCUT2D eigenvalue weighted by atomic mass is 16.5. The van der Waals surface area contributed by atoms with Crippen molar-refractivity contribution in [1.29, 1.82) is 0 Å². The van der Waals surface area contributed by atoms with Gasteiger partial charge in [0.1, 0.15) is 11.4 Å². The van der Waals surface area contributed by atoms with Crippen molar-refractivity contribution in [2.75, 3.05) is 31.7 Å². The van der Waals surface area contributed by atoms with Crippen molar-refractivity contribution in [2.24, 2.45) is 5.92 Å². The van der Waals surface area contributed by atoms with Crippen molar-refractivity contribution in [3.63, 3.8) is 0 Å². The maximum Gasteiger partial charge on any atom is 0.278 e. The molecule has 3 rings (SSSR count). The van der Waals surface area contributed by atoms with E-state index in [1.807, 2.05) is 26.0 Å². The Kier molecular flexibility index (Phi) is 7.98. The maximum atomic E-state index is 13.1. The zero-order valence-corrected chi connectivity index (χ0v) is 19.9. The van der Waals surface area contributed by atoms with E-state index in [0.717, 1.165) is 5.75 Å². The molecule has 1 heterocycles. The summed E-state index contributed by atoms with van der Waals surface area (Å²) in [6.45, 7) is 11.6. The molecular formula is C26H32N2O5. The smallest absolute Gasteiger partial charge is 0.278 e. The quantitative estimate of drug-likeness (QED) is 0.497. The van der Waals surface area contributed by atoms with Gasteiger partial charge in [-0.15, -0.1) is 0 Å². The number of likely N-dealkylation sites (N-methyl/N-ethyl adjacent to an activating group) is 1. The number of carbonyl (C=O) groups is 2. The Labute approximate surface area is 195 Å². The van der Waals surface area contributed by atoms with Crippen LogP contribution < -0.4 is 19.5 Å². The topological polar surface area (TPSA) is 77.1 Å². The summed E-state index contributed by atoms with van der Waals surface area (Å²) in [6.07, 6.45) is 0. The molecular weight excluding hydrogens is 420 g/mol. The maximum absolute atomic E-state index is 13.1. The van der Waals surface area contributed by atoms with Crippen molar-refractivity contribution in [3.8, 4) is 17.2 Å². The lowest BCUT2D eigenvalue weighted by atomic mass is 10.0. The first-order valence-electron chi connectivity index (χ1n) is 11.4. The summed E-state index contributed by atoms with van der Waals surface area (Å²) in [5.74, 6) is 1.65. The normalized spacial score (nSPS) is 13.7. The minimum Gasteiger partial charge on any atom is -0.493 e. The first-order valence-corrected chi connectivity index (χ1v) is 11.4. The number of ether oxygens (including phenoxy) is 3.